The Bertz CT molecular complexity index is 384. The summed E-state index contributed by atoms with van der Waals surface area (Å²) in [5.74, 6) is -0.729. The molecule has 88 valence electrons. The number of hydrogen-bond acceptors (Lipinski definition) is 3. The molecule has 0 bridgehead atoms. The van der Waals surface area contributed by atoms with E-state index in [0.717, 1.165) is 5.56 Å². The van der Waals surface area contributed by atoms with E-state index < -0.39 is 6.04 Å². The minimum absolute atomic E-state index is 0.338. The zero-order valence-corrected chi connectivity index (χ0v) is 9.84. The molecule has 1 N–H and O–H groups in total. The first kappa shape index (κ1) is 12.9. The monoisotopic (exact) mass is 245 g/mol. The van der Waals surface area contributed by atoms with Gasteiger partial charge < -0.3 is 10.1 Å². The van der Waals surface area contributed by atoms with Gasteiger partial charge in [-0.15, -0.1) is 0 Å². The van der Waals surface area contributed by atoms with Crippen LogP contribution in [0.25, 0.3) is 0 Å². The van der Waals surface area contributed by atoms with Crippen LogP contribution in [0.15, 0.2) is 18.2 Å². The molecule has 0 aliphatic carbocycles. The summed E-state index contributed by atoms with van der Waals surface area (Å²) in [6.45, 7) is 2.07. The fourth-order valence-electron chi connectivity index (χ4n) is 1.19. The standard InChI is InChI=1S/C11H13ClFNO2/c1-7(11(15)16-2)14-6-8-3-4-9(13)5-10(8)12/h3-5,7,14H,6H2,1-2H3. The lowest BCUT2D eigenvalue weighted by atomic mass is 10.2. The van der Waals surface area contributed by atoms with Gasteiger partial charge in [-0.2, -0.15) is 0 Å². The van der Waals surface area contributed by atoms with Crippen molar-refractivity contribution in [2.45, 2.75) is 19.5 Å². The second kappa shape index (κ2) is 5.82. The lowest BCUT2D eigenvalue weighted by Gasteiger charge is -2.12. The average molecular weight is 246 g/mol. The third kappa shape index (κ3) is 3.47. The van der Waals surface area contributed by atoms with Crippen molar-refractivity contribution in [2.24, 2.45) is 0 Å². The minimum atomic E-state index is -0.425. The summed E-state index contributed by atoms with van der Waals surface area (Å²) in [6, 6.07) is 3.72. The highest BCUT2D eigenvalue weighted by Gasteiger charge is 2.12. The number of carbonyl (C=O) groups is 1. The van der Waals surface area contributed by atoms with E-state index in [2.05, 4.69) is 10.1 Å². The number of ether oxygens (including phenoxy) is 1. The number of benzene rings is 1. The van der Waals surface area contributed by atoms with Crippen molar-refractivity contribution >= 4 is 17.6 Å². The second-order valence-corrected chi connectivity index (χ2v) is 3.77. The third-order valence-electron chi connectivity index (χ3n) is 2.17. The van der Waals surface area contributed by atoms with Crippen LogP contribution in [0.3, 0.4) is 0 Å². The first-order valence-corrected chi connectivity index (χ1v) is 5.17. The Balaban J connectivity index is 2.58. The SMILES string of the molecule is COC(=O)C(C)NCc1ccc(F)cc1Cl. The molecule has 16 heavy (non-hydrogen) atoms. The predicted octanol–water partition coefficient (Wildman–Crippen LogP) is 2.13. The zero-order valence-electron chi connectivity index (χ0n) is 9.09. The molecule has 0 fully saturated rings. The largest absolute Gasteiger partial charge is 0.468 e. The fraction of sp³-hybridized carbons (Fsp3) is 0.364. The van der Waals surface area contributed by atoms with Gasteiger partial charge in [-0.3, -0.25) is 4.79 Å². The fourth-order valence-corrected chi connectivity index (χ4v) is 1.42. The average Bonchev–Trinajstić information content (AvgIpc) is 2.26. The number of carbonyl (C=O) groups excluding carboxylic acids is 1. The van der Waals surface area contributed by atoms with Crippen LogP contribution in [0.5, 0.6) is 0 Å². The van der Waals surface area contributed by atoms with Gasteiger partial charge in [0, 0.05) is 11.6 Å². The van der Waals surface area contributed by atoms with Crippen LogP contribution in [-0.2, 0) is 16.1 Å². The molecular weight excluding hydrogens is 233 g/mol. The molecule has 1 rings (SSSR count). The van der Waals surface area contributed by atoms with Crippen molar-refractivity contribution in [3.8, 4) is 0 Å². The molecule has 0 aromatic heterocycles. The molecule has 1 atom stereocenters. The van der Waals surface area contributed by atoms with E-state index >= 15 is 0 Å². The molecule has 0 aliphatic rings. The maximum atomic E-state index is 12.8. The van der Waals surface area contributed by atoms with Crippen molar-refractivity contribution in [1.82, 2.24) is 5.32 Å². The molecule has 0 saturated heterocycles. The summed E-state index contributed by atoms with van der Waals surface area (Å²) in [6.07, 6.45) is 0. The van der Waals surface area contributed by atoms with Crippen LogP contribution in [0.4, 0.5) is 4.39 Å². The summed E-state index contributed by atoms with van der Waals surface area (Å²) in [7, 11) is 1.32. The summed E-state index contributed by atoms with van der Waals surface area (Å²) >= 11 is 5.83. The van der Waals surface area contributed by atoms with Crippen LogP contribution < -0.4 is 5.32 Å². The second-order valence-electron chi connectivity index (χ2n) is 3.36. The normalized spacial score (nSPS) is 12.2. The number of halogens is 2. The Morgan fingerprint density at radius 1 is 1.62 bits per heavy atom. The van der Waals surface area contributed by atoms with E-state index in [0.29, 0.717) is 11.6 Å². The van der Waals surface area contributed by atoms with Crippen LogP contribution in [0.1, 0.15) is 12.5 Å². The van der Waals surface area contributed by atoms with E-state index in [9.17, 15) is 9.18 Å². The molecule has 1 aromatic rings. The van der Waals surface area contributed by atoms with Crippen LogP contribution >= 0.6 is 11.6 Å². The molecule has 0 heterocycles. The van der Waals surface area contributed by atoms with E-state index in [4.69, 9.17) is 11.6 Å². The van der Waals surface area contributed by atoms with Gasteiger partial charge in [-0.1, -0.05) is 17.7 Å². The van der Waals surface area contributed by atoms with Gasteiger partial charge in [0.2, 0.25) is 0 Å². The lowest BCUT2D eigenvalue weighted by molar-refractivity contribution is -0.142. The minimum Gasteiger partial charge on any atom is -0.468 e. The zero-order chi connectivity index (χ0) is 12.1. The van der Waals surface area contributed by atoms with Gasteiger partial charge in [0.1, 0.15) is 11.9 Å². The lowest BCUT2D eigenvalue weighted by Crippen LogP contribution is -2.34. The summed E-state index contributed by atoms with van der Waals surface area (Å²) in [5, 5.41) is 3.27. The number of rotatable bonds is 4. The number of hydrogen-bond donors (Lipinski definition) is 1. The molecule has 0 spiro atoms. The van der Waals surface area contributed by atoms with Crippen molar-refractivity contribution in [2.75, 3.05) is 7.11 Å². The van der Waals surface area contributed by atoms with Gasteiger partial charge in [0.25, 0.3) is 0 Å². The van der Waals surface area contributed by atoms with Crippen molar-refractivity contribution < 1.29 is 13.9 Å². The Labute approximate surface area is 98.5 Å². The third-order valence-corrected chi connectivity index (χ3v) is 2.52. The van der Waals surface area contributed by atoms with Crippen molar-refractivity contribution in [3.05, 3.63) is 34.6 Å². The quantitative estimate of drug-likeness (QED) is 0.826. The van der Waals surface area contributed by atoms with Gasteiger partial charge in [0.15, 0.2) is 0 Å². The highest BCUT2D eigenvalue weighted by molar-refractivity contribution is 6.31. The molecule has 0 amide bonds. The number of nitrogens with one attached hydrogen (secondary N) is 1. The van der Waals surface area contributed by atoms with E-state index in [1.165, 1.54) is 19.2 Å². The summed E-state index contributed by atoms with van der Waals surface area (Å²) in [5.41, 5.74) is 0.735. The smallest absolute Gasteiger partial charge is 0.322 e. The maximum absolute atomic E-state index is 12.8. The van der Waals surface area contributed by atoms with E-state index in [1.54, 1.807) is 13.0 Å². The summed E-state index contributed by atoms with van der Waals surface area (Å²) < 4.78 is 17.3. The molecule has 0 saturated carbocycles. The van der Waals surface area contributed by atoms with E-state index in [-0.39, 0.29) is 11.8 Å². The van der Waals surface area contributed by atoms with Gasteiger partial charge in [-0.25, -0.2) is 4.39 Å². The Hall–Kier alpha value is -1.13. The predicted molar refractivity (Wildman–Crippen MR) is 59.7 cm³/mol. The van der Waals surface area contributed by atoms with Gasteiger partial charge in [-0.05, 0) is 24.6 Å². The molecule has 1 unspecified atom stereocenters. The molecule has 5 heteroatoms. The Kier molecular flexibility index (Phi) is 4.71. The maximum Gasteiger partial charge on any atom is 0.322 e. The van der Waals surface area contributed by atoms with Crippen LogP contribution in [0.2, 0.25) is 5.02 Å². The molecule has 0 radical (unpaired) electrons. The van der Waals surface area contributed by atoms with E-state index in [1.807, 2.05) is 0 Å². The van der Waals surface area contributed by atoms with Crippen molar-refractivity contribution in [1.29, 1.82) is 0 Å². The number of esters is 1. The topological polar surface area (TPSA) is 38.3 Å². The Morgan fingerprint density at radius 2 is 2.31 bits per heavy atom. The molecule has 3 nitrogen and oxygen atoms in total. The van der Waals surface area contributed by atoms with Gasteiger partial charge in [0.05, 0.1) is 7.11 Å². The highest BCUT2D eigenvalue weighted by atomic mass is 35.5. The van der Waals surface area contributed by atoms with Crippen LogP contribution in [0, 0.1) is 5.82 Å². The number of methoxy groups -OCH3 is 1. The highest BCUT2D eigenvalue weighted by Crippen LogP contribution is 2.16. The van der Waals surface area contributed by atoms with Crippen LogP contribution in [-0.4, -0.2) is 19.1 Å². The molecule has 0 aliphatic heterocycles. The Morgan fingerprint density at radius 3 is 2.88 bits per heavy atom. The molecular formula is C11H13ClFNO2. The van der Waals surface area contributed by atoms with Gasteiger partial charge >= 0.3 is 5.97 Å². The first-order chi connectivity index (χ1) is 7.54. The first-order valence-electron chi connectivity index (χ1n) is 4.79. The van der Waals surface area contributed by atoms with Crippen molar-refractivity contribution in [3.63, 3.8) is 0 Å². The molecule has 1 aromatic carbocycles. The summed E-state index contributed by atoms with van der Waals surface area (Å²) in [4.78, 5) is 11.1.